The third kappa shape index (κ3) is 4.89. The first-order valence-corrected chi connectivity index (χ1v) is 7.86. The van der Waals surface area contributed by atoms with Crippen LogP contribution in [0.25, 0.3) is 0 Å². The van der Waals surface area contributed by atoms with E-state index in [1.165, 1.54) is 12.1 Å². The highest BCUT2D eigenvalue weighted by Gasteiger charge is 2.31. The Hall–Kier alpha value is -1.69. The highest BCUT2D eigenvalue weighted by molar-refractivity contribution is 5.29. The summed E-state index contributed by atoms with van der Waals surface area (Å²) in [4.78, 5) is 0. The van der Waals surface area contributed by atoms with Gasteiger partial charge in [-0.3, -0.25) is 0 Å². The van der Waals surface area contributed by atoms with Crippen LogP contribution in [0.1, 0.15) is 18.4 Å². The van der Waals surface area contributed by atoms with Crippen LogP contribution in [-0.4, -0.2) is 41.6 Å². The fourth-order valence-corrected chi connectivity index (χ4v) is 2.78. The lowest BCUT2D eigenvalue weighted by molar-refractivity contribution is 0.155. The van der Waals surface area contributed by atoms with Crippen LogP contribution in [0.2, 0.25) is 0 Å². The first-order chi connectivity index (χ1) is 11.1. The van der Waals surface area contributed by atoms with Crippen molar-refractivity contribution < 1.29 is 19.7 Å². The average Bonchev–Trinajstić information content (AvgIpc) is 2.58. The Kier molecular flexibility index (Phi) is 6.33. The number of nitrogens with one attached hydrogen (secondary N) is 1. The van der Waals surface area contributed by atoms with Crippen molar-refractivity contribution in [3.8, 4) is 0 Å². The van der Waals surface area contributed by atoms with Crippen molar-refractivity contribution in [1.82, 2.24) is 5.32 Å². The molecule has 126 valence electrons. The van der Waals surface area contributed by atoms with Gasteiger partial charge in [-0.05, 0) is 55.2 Å². The van der Waals surface area contributed by atoms with E-state index in [0.29, 0.717) is 18.5 Å². The van der Waals surface area contributed by atoms with Gasteiger partial charge >= 0.3 is 0 Å². The predicted molar refractivity (Wildman–Crippen MR) is 87.6 cm³/mol. The maximum absolute atomic E-state index is 12.8. The molecule has 1 unspecified atom stereocenters. The number of aryl methyl sites for hydroxylation is 1. The average molecular weight is 321 g/mol. The molecular formula is C18H24FNO3. The molecule has 0 heterocycles. The van der Waals surface area contributed by atoms with Gasteiger partial charge in [0.25, 0.3) is 0 Å². The summed E-state index contributed by atoms with van der Waals surface area (Å²) in [5, 5.41) is 31.9. The minimum absolute atomic E-state index is 0.0504. The molecule has 0 amide bonds. The Morgan fingerprint density at radius 3 is 2.57 bits per heavy atom. The van der Waals surface area contributed by atoms with Crippen molar-refractivity contribution in [1.29, 1.82) is 0 Å². The van der Waals surface area contributed by atoms with E-state index >= 15 is 0 Å². The van der Waals surface area contributed by atoms with Crippen molar-refractivity contribution in [2.75, 3.05) is 26.3 Å². The number of aliphatic hydroxyl groups excluding tert-OH is 3. The molecule has 1 aliphatic rings. The Morgan fingerprint density at radius 2 is 1.91 bits per heavy atom. The molecule has 0 saturated heterocycles. The second-order valence-electron chi connectivity index (χ2n) is 6.08. The van der Waals surface area contributed by atoms with E-state index < -0.39 is 5.41 Å². The van der Waals surface area contributed by atoms with Crippen LogP contribution < -0.4 is 5.32 Å². The number of hydrogen-bond donors (Lipinski definition) is 4. The topological polar surface area (TPSA) is 72.7 Å². The van der Waals surface area contributed by atoms with E-state index in [0.717, 1.165) is 24.9 Å². The Morgan fingerprint density at radius 1 is 1.17 bits per heavy atom. The second kappa shape index (κ2) is 8.24. The highest BCUT2D eigenvalue weighted by atomic mass is 19.1. The zero-order valence-corrected chi connectivity index (χ0v) is 13.1. The van der Waals surface area contributed by atoms with Crippen LogP contribution in [-0.2, 0) is 6.42 Å². The summed E-state index contributed by atoms with van der Waals surface area (Å²) in [7, 11) is 0. The fraction of sp³-hybridized carbons (Fsp3) is 0.444. The van der Waals surface area contributed by atoms with Gasteiger partial charge in [0, 0.05) is 12.0 Å². The molecule has 0 saturated carbocycles. The van der Waals surface area contributed by atoms with Crippen LogP contribution in [0.3, 0.4) is 0 Å². The third-order valence-electron chi connectivity index (χ3n) is 4.24. The predicted octanol–water partition coefficient (Wildman–Crippen LogP) is 2.09. The number of rotatable bonds is 8. The highest BCUT2D eigenvalue weighted by Crippen LogP contribution is 2.32. The number of benzene rings is 1. The SMILES string of the molecule is OCC1=C(O)C=CC(CO)(CNCCCc2ccc(F)cc2)C1. The van der Waals surface area contributed by atoms with Gasteiger partial charge in [0.05, 0.1) is 13.2 Å². The van der Waals surface area contributed by atoms with E-state index in [-0.39, 0.29) is 24.8 Å². The maximum atomic E-state index is 12.8. The lowest BCUT2D eigenvalue weighted by Crippen LogP contribution is -2.38. The van der Waals surface area contributed by atoms with Gasteiger partial charge in [0.15, 0.2) is 0 Å². The Bertz CT molecular complexity index is 568. The molecule has 4 nitrogen and oxygen atoms in total. The largest absolute Gasteiger partial charge is 0.508 e. The Balaban J connectivity index is 1.76. The van der Waals surface area contributed by atoms with Crippen molar-refractivity contribution >= 4 is 0 Å². The molecule has 0 radical (unpaired) electrons. The van der Waals surface area contributed by atoms with Gasteiger partial charge < -0.3 is 20.6 Å². The van der Waals surface area contributed by atoms with Gasteiger partial charge in [0.2, 0.25) is 0 Å². The van der Waals surface area contributed by atoms with Gasteiger partial charge in [-0.15, -0.1) is 0 Å². The number of hydrogen-bond acceptors (Lipinski definition) is 4. The summed E-state index contributed by atoms with van der Waals surface area (Å²) in [6.07, 6.45) is 5.55. The minimum atomic E-state index is -0.486. The molecule has 2 rings (SSSR count). The van der Waals surface area contributed by atoms with Gasteiger partial charge in [-0.2, -0.15) is 0 Å². The number of halogens is 1. The van der Waals surface area contributed by atoms with E-state index in [9.17, 15) is 19.7 Å². The van der Waals surface area contributed by atoms with Crippen molar-refractivity contribution in [3.05, 3.63) is 59.1 Å². The molecule has 0 spiro atoms. The molecule has 1 aromatic carbocycles. The maximum Gasteiger partial charge on any atom is 0.123 e. The summed E-state index contributed by atoms with van der Waals surface area (Å²) in [5.74, 6) is -0.135. The molecule has 0 fully saturated rings. The van der Waals surface area contributed by atoms with Crippen LogP contribution in [0.5, 0.6) is 0 Å². The summed E-state index contributed by atoms with van der Waals surface area (Å²) in [6.45, 7) is 1.09. The van der Waals surface area contributed by atoms with Crippen molar-refractivity contribution in [2.24, 2.45) is 5.41 Å². The van der Waals surface area contributed by atoms with E-state index in [4.69, 9.17) is 0 Å². The lowest BCUT2D eigenvalue weighted by Gasteiger charge is -2.32. The fourth-order valence-electron chi connectivity index (χ4n) is 2.78. The molecule has 0 aliphatic heterocycles. The van der Waals surface area contributed by atoms with E-state index in [1.54, 1.807) is 24.3 Å². The van der Waals surface area contributed by atoms with Crippen LogP contribution in [0.4, 0.5) is 4.39 Å². The van der Waals surface area contributed by atoms with Crippen molar-refractivity contribution in [3.63, 3.8) is 0 Å². The zero-order chi connectivity index (χ0) is 16.7. The molecule has 4 N–H and O–H groups in total. The summed E-state index contributed by atoms with van der Waals surface area (Å²) >= 11 is 0. The molecule has 1 aromatic rings. The van der Waals surface area contributed by atoms with Gasteiger partial charge in [-0.1, -0.05) is 18.2 Å². The normalized spacial score (nSPS) is 21.0. The molecule has 1 atom stereocenters. The molecule has 5 heteroatoms. The molecule has 0 bridgehead atoms. The molecule has 1 aliphatic carbocycles. The first kappa shape index (κ1) is 17.7. The number of aliphatic hydroxyl groups is 3. The first-order valence-electron chi connectivity index (χ1n) is 7.86. The smallest absolute Gasteiger partial charge is 0.123 e. The Labute approximate surface area is 136 Å². The third-order valence-corrected chi connectivity index (χ3v) is 4.24. The summed E-state index contributed by atoms with van der Waals surface area (Å²) in [5.41, 5.74) is 1.16. The van der Waals surface area contributed by atoms with Crippen LogP contribution in [0.15, 0.2) is 47.7 Å². The van der Waals surface area contributed by atoms with Gasteiger partial charge in [-0.25, -0.2) is 4.39 Å². The van der Waals surface area contributed by atoms with E-state index in [1.807, 2.05) is 0 Å². The number of allylic oxidation sites excluding steroid dienone is 1. The molecular weight excluding hydrogens is 297 g/mol. The summed E-state index contributed by atoms with van der Waals surface area (Å²) in [6, 6.07) is 6.50. The van der Waals surface area contributed by atoms with E-state index in [2.05, 4.69) is 5.32 Å². The summed E-state index contributed by atoms with van der Waals surface area (Å²) < 4.78 is 12.8. The van der Waals surface area contributed by atoms with Crippen LogP contribution in [0, 0.1) is 11.2 Å². The lowest BCUT2D eigenvalue weighted by atomic mass is 9.78. The zero-order valence-electron chi connectivity index (χ0n) is 13.1. The van der Waals surface area contributed by atoms with Crippen molar-refractivity contribution in [2.45, 2.75) is 19.3 Å². The van der Waals surface area contributed by atoms with Gasteiger partial charge in [0.1, 0.15) is 11.6 Å². The standard InChI is InChI=1S/C18H24FNO3/c19-16-5-3-14(4-6-16)2-1-9-20-12-18(13-22)8-7-17(23)15(10-18)11-21/h3-8,20-23H,1-2,9-13H2. The molecule has 23 heavy (non-hydrogen) atoms. The monoisotopic (exact) mass is 321 g/mol. The minimum Gasteiger partial charge on any atom is -0.508 e. The quantitative estimate of drug-likeness (QED) is 0.553. The van der Waals surface area contributed by atoms with Crippen LogP contribution >= 0.6 is 0 Å². The second-order valence-corrected chi connectivity index (χ2v) is 6.08. The molecule has 0 aromatic heterocycles.